The third-order valence-corrected chi connectivity index (χ3v) is 7.21. The van der Waals surface area contributed by atoms with Crippen LogP contribution in [0.3, 0.4) is 0 Å². The monoisotopic (exact) mass is 466 g/mol. The van der Waals surface area contributed by atoms with E-state index in [2.05, 4.69) is 100 Å². The van der Waals surface area contributed by atoms with Gasteiger partial charge in [-0.2, -0.15) is 0 Å². The van der Waals surface area contributed by atoms with Crippen molar-refractivity contribution >= 4 is 42.4 Å². The molecule has 134 valence electrons. The van der Waals surface area contributed by atoms with Gasteiger partial charge in [-0.05, 0) is 0 Å². The van der Waals surface area contributed by atoms with Gasteiger partial charge in [0.1, 0.15) is 0 Å². The summed E-state index contributed by atoms with van der Waals surface area (Å²) in [4.78, 5) is 0. The molecule has 26 heavy (non-hydrogen) atoms. The number of hydrogen-bond acceptors (Lipinski definition) is 0. The molecule has 0 aliphatic heterocycles. The van der Waals surface area contributed by atoms with Crippen LogP contribution in [0, 0.1) is 0 Å². The molecule has 0 bridgehead atoms. The quantitative estimate of drug-likeness (QED) is 0.519. The molecule has 0 heterocycles. The van der Waals surface area contributed by atoms with E-state index in [1.807, 2.05) is 0 Å². The number of benzene rings is 3. The van der Waals surface area contributed by atoms with Crippen LogP contribution >= 0.6 is 0 Å². The first-order chi connectivity index (χ1) is 12.2. The summed E-state index contributed by atoms with van der Waals surface area (Å²) in [5.41, 5.74) is 5.47. The Morgan fingerprint density at radius 1 is 0.423 bits per heavy atom. The van der Waals surface area contributed by atoms with Crippen LogP contribution in [-0.2, 0) is 10.8 Å². The van der Waals surface area contributed by atoms with Crippen molar-refractivity contribution in [2.24, 2.45) is 0 Å². The minimum atomic E-state index is 0.00924. The summed E-state index contributed by atoms with van der Waals surface area (Å²) < 4.78 is 2.74. The Bertz CT molecular complexity index is 795. The second kappa shape index (κ2) is 7.42. The van der Waals surface area contributed by atoms with Crippen molar-refractivity contribution in [3.05, 3.63) is 95.1 Å². The zero-order valence-corrected chi connectivity index (χ0v) is 20.9. The Kier molecular flexibility index (Phi) is 5.57. The Hall–Kier alpha value is -1.22. The average Bonchev–Trinajstić information content (AvgIpc) is 2.62. The molecule has 0 aromatic heterocycles. The van der Waals surface area contributed by atoms with E-state index >= 15 is 0 Å². The zero-order valence-electron chi connectivity index (χ0n) is 16.1. The van der Waals surface area contributed by atoms with Crippen molar-refractivity contribution in [1.82, 2.24) is 0 Å². The van der Waals surface area contributed by atoms with E-state index in [9.17, 15) is 0 Å². The average molecular weight is 466 g/mol. The third kappa shape index (κ3) is 3.88. The van der Waals surface area contributed by atoms with Gasteiger partial charge in [-0.15, -0.1) is 0 Å². The van der Waals surface area contributed by atoms with Gasteiger partial charge >= 0.3 is 176 Å². The minimum absolute atomic E-state index is 0.00924. The summed E-state index contributed by atoms with van der Waals surface area (Å²) in [6.45, 7) is 9.24. The Morgan fingerprint density at radius 2 is 0.615 bits per heavy atom. The molecular weight excluding hydrogens is 438 g/mol. The van der Waals surface area contributed by atoms with Gasteiger partial charge in [0.15, 0.2) is 0 Å². The van der Waals surface area contributed by atoms with E-state index in [-0.39, 0.29) is 10.8 Å². The fourth-order valence-corrected chi connectivity index (χ4v) is 4.24. The standard InChI is InChI=1S/C24H28As2/c1-23(2,19-9-13-21(25)14-10-19)17-5-7-18(8-6-17)24(3,4)20-11-15-22(26)16-12-20/h5-16H,25-26H2,1-4H3. The van der Waals surface area contributed by atoms with E-state index in [0.29, 0.717) is 0 Å². The summed E-state index contributed by atoms with van der Waals surface area (Å²) in [6, 6.07) is 27.2. The zero-order chi connectivity index (χ0) is 18.9. The first-order valence-corrected chi connectivity index (χ1v) is 11.5. The van der Waals surface area contributed by atoms with Gasteiger partial charge in [0.25, 0.3) is 0 Å². The van der Waals surface area contributed by atoms with Crippen molar-refractivity contribution in [3.63, 3.8) is 0 Å². The maximum absolute atomic E-state index is 2.31. The van der Waals surface area contributed by atoms with Crippen molar-refractivity contribution in [1.29, 1.82) is 0 Å². The Labute approximate surface area is 175 Å². The van der Waals surface area contributed by atoms with Crippen molar-refractivity contribution in [2.45, 2.75) is 38.5 Å². The van der Waals surface area contributed by atoms with Gasteiger partial charge in [0, 0.05) is 0 Å². The molecule has 2 atom stereocenters. The van der Waals surface area contributed by atoms with Gasteiger partial charge < -0.3 is 0 Å². The van der Waals surface area contributed by atoms with E-state index in [1.165, 1.54) is 31.0 Å². The molecule has 3 aromatic carbocycles. The van der Waals surface area contributed by atoms with Crippen LogP contribution in [0.5, 0.6) is 0 Å². The fraction of sp³-hybridized carbons (Fsp3) is 0.250. The second-order valence-electron chi connectivity index (χ2n) is 8.07. The number of rotatable bonds is 4. The first-order valence-electron chi connectivity index (χ1n) is 9.04. The van der Waals surface area contributed by atoms with Crippen LogP contribution in [0.25, 0.3) is 0 Å². The van der Waals surface area contributed by atoms with E-state index < -0.39 is 0 Å². The Balaban J connectivity index is 1.92. The van der Waals surface area contributed by atoms with Crippen molar-refractivity contribution < 1.29 is 0 Å². The normalized spacial score (nSPS) is 12.2. The fourth-order valence-electron chi connectivity index (χ4n) is 3.44. The summed E-state index contributed by atoms with van der Waals surface area (Å²) in [5.74, 6) is 0. The number of hydrogen-bond donors (Lipinski definition) is 0. The van der Waals surface area contributed by atoms with E-state index in [0.717, 1.165) is 0 Å². The molecule has 0 amide bonds. The van der Waals surface area contributed by atoms with Gasteiger partial charge in [-0.1, -0.05) is 0 Å². The van der Waals surface area contributed by atoms with Gasteiger partial charge in [-0.25, -0.2) is 0 Å². The molecule has 0 saturated heterocycles. The SMILES string of the molecule is CC(C)(c1ccc([AsH2])cc1)c1ccc(C(C)(C)c2ccc([AsH2])cc2)cc1. The van der Waals surface area contributed by atoms with Crippen LogP contribution in [0.4, 0.5) is 0 Å². The van der Waals surface area contributed by atoms with Gasteiger partial charge in [0.05, 0.1) is 0 Å². The molecule has 2 heteroatoms. The predicted octanol–water partition coefficient (Wildman–Crippen LogP) is 2.86. The van der Waals surface area contributed by atoms with E-state index in [1.54, 1.807) is 33.7 Å². The molecule has 0 N–H and O–H groups in total. The van der Waals surface area contributed by atoms with Gasteiger partial charge in [-0.3, -0.25) is 0 Å². The third-order valence-electron chi connectivity index (χ3n) is 5.59. The van der Waals surface area contributed by atoms with E-state index in [4.69, 9.17) is 0 Å². The van der Waals surface area contributed by atoms with Crippen molar-refractivity contribution in [2.75, 3.05) is 0 Å². The molecule has 3 rings (SSSR count). The molecule has 0 aliphatic rings. The molecule has 0 radical (unpaired) electrons. The summed E-state index contributed by atoms with van der Waals surface area (Å²) in [7, 11) is 0. The molecule has 0 saturated carbocycles. The Morgan fingerprint density at radius 3 is 0.846 bits per heavy atom. The van der Waals surface area contributed by atoms with Crippen LogP contribution in [0.2, 0.25) is 0 Å². The molecule has 3 aromatic rings. The predicted molar refractivity (Wildman–Crippen MR) is 120 cm³/mol. The molecule has 0 fully saturated rings. The molecule has 0 spiro atoms. The molecule has 0 aliphatic carbocycles. The molecular formula is C24H28As2. The second-order valence-corrected chi connectivity index (χ2v) is 10.9. The molecule has 0 nitrogen and oxygen atoms in total. The van der Waals surface area contributed by atoms with Crippen LogP contribution in [-0.4, -0.2) is 33.7 Å². The summed E-state index contributed by atoms with van der Waals surface area (Å²) in [6.07, 6.45) is 0. The van der Waals surface area contributed by atoms with Crippen molar-refractivity contribution in [3.8, 4) is 0 Å². The van der Waals surface area contributed by atoms with Crippen LogP contribution < -0.4 is 8.70 Å². The maximum atomic E-state index is 2.31. The van der Waals surface area contributed by atoms with Gasteiger partial charge in [0.2, 0.25) is 0 Å². The molecule has 2 unspecified atom stereocenters. The summed E-state index contributed by atoms with van der Waals surface area (Å²) >= 11 is 3.35. The first kappa shape index (κ1) is 19.5. The topological polar surface area (TPSA) is 0 Å². The van der Waals surface area contributed by atoms with Crippen LogP contribution in [0.15, 0.2) is 72.8 Å². The summed E-state index contributed by atoms with van der Waals surface area (Å²) in [5, 5.41) is 0. The van der Waals surface area contributed by atoms with Crippen LogP contribution in [0.1, 0.15) is 49.9 Å².